The molecule has 0 fully saturated rings. The molecular formula is C21H27N3O3. The summed E-state index contributed by atoms with van der Waals surface area (Å²) < 4.78 is 5.42. The largest absolute Gasteiger partial charge is 0.494 e. The smallest absolute Gasteiger partial charge is 0.253 e. The van der Waals surface area contributed by atoms with Crippen molar-refractivity contribution in [3.8, 4) is 5.75 Å². The predicted octanol–water partition coefficient (Wildman–Crippen LogP) is 3.05. The number of rotatable bonds is 9. The molecule has 0 aliphatic carbocycles. The highest BCUT2D eigenvalue weighted by molar-refractivity contribution is 5.99. The minimum atomic E-state index is -0.226. The third kappa shape index (κ3) is 6.33. The Morgan fingerprint density at radius 2 is 1.81 bits per heavy atom. The van der Waals surface area contributed by atoms with Gasteiger partial charge >= 0.3 is 0 Å². The number of carbonyl (C=O) groups is 2. The molecule has 2 amide bonds. The lowest BCUT2D eigenvalue weighted by atomic mass is 10.1. The summed E-state index contributed by atoms with van der Waals surface area (Å²) in [5.74, 6) is 0.538. The molecule has 0 aliphatic rings. The molecule has 1 unspecified atom stereocenters. The van der Waals surface area contributed by atoms with Gasteiger partial charge in [-0.05, 0) is 50.1 Å². The molecule has 0 aromatic heterocycles. The summed E-state index contributed by atoms with van der Waals surface area (Å²) in [6, 6.07) is 14.5. The van der Waals surface area contributed by atoms with Crippen molar-refractivity contribution in [2.75, 3.05) is 18.9 Å². The van der Waals surface area contributed by atoms with E-state index in [9.17, 15) is 9.59 Å². The highest BCUT2D eigenvalue weighted by Crippen LogP contribution is 2.17. The number of anilines is 1. The third-order valence-corrected chi connectivity index (χ3v) is 4.14. The van der Waals surface area contributed by atoms with Gasteiger partial charge < -0.3 is 21.1 Å². The van der Waals surface area contributed by atoms with Gasteiger partial charge in [0.2, 0.25) is 5.91 Å². The monoisotopic (exact) mass is 369 g/mol. The Bertz CT molecular complexity index is 760. The molecule has 2 aromatic rings. The van der Waals surface area contributed by atoms with Crippen LogP contribution in [-0.4, -0.2) is 25.0 Å². The Kier molecular flexibility index (Phi) is 7.67. The fourth-order valence-corrected chi connectivity index (χ4v) is 2.67. The van der Waals surface area contributed by atoms with Crippen LogP contribution >= 0.6 is 0 Å². The Hall–Kier alpha value is -3.02. The van der Waals surface area contributed by atoms with Gasteiger partial charge in [0.15, 0.2) is 0 Å². The van der Waals surface area contributed by atoms with Gasteiger partial charge in [0, 0.05) is 18.7 Å². The van der Waals surface area contributed by atoms with E-state index in [2.05, 4.69) is 10.6 Å². The van der Waals surface area contributed by atoms with Gasteiger partial charge in [-0.1, -0.05) is 24.3 Å². The highest BCUT2D eigenvalue weighted by atomic mass is 16.5. The second-order valence-corrected chi connectivity index (χ2v) is 6.24. The molecule has 27 heavy (non-hydrogen) atoms. The van der Waals surface area contributed by atoms with Crippen molar-refractivity contribution < 1.29 is 14.3 Å². The average molecular weight is 369 g/mol. The summed E-state index contributed by atoms with van der Waals surface area (Å²) in [4.78, 5) is 24.1. The zero-order valence-electron chi connectivity index (χ0n) is 15.8. The Morgan fingerprint density at radius 1 is 1.11 bits per heavy atom. The minimum Gasteiger partial charge on any atom is -0.494 e. The molecular weight excluding hydrogens is 342 g/mol. The summed E-state index contributed by atoms with van der Waals surface area (Å²) in [5.41, 5.74) is 7.68. The average Bonchev–Trinajstić information content (AvgIpc) is 2.66. The van der Waals surface area contributed by atoms with Crippen LogP contribution in [0.5, 0.6) is 5.75 Å². The Morgan fingerprint density at radius 3 is 2.48 bits per heavy atom. The molecule has 0 radical (unpaired) electrons. The van der Waals surface area contributed by atoms with Gasteiger partial charge in [0.1, 0.15) is 5.75 Å². The molecule has 0 saturated heterocycles. The second kappa shape index (κ2) is 10.2. The number of amides is 2. The molecule has 0 saturated carbocycles. The normalized spacial score (nSPS) is 11.5. The molecule has 4 N–H and O–H groups in total. The van der Waals surface area contributed by atoms with Crippen LogP contribution in [0.3, 0.4) is 0 Å². The maximum Gasteiger partial charge on any atom is 0.253 e. The molecule has 6 heteroatoms. The van der Waals surface area contributed by atoms with E-state index in [0.717, 1.165) is 11.3 Å². The SMILES string of the molecule is CCOc1ccc(C(C)NC(=O)CCCNC(=O)c2ccccc2N)cc1. The van der Waals surface area contributed by atoms with E-state index in [4.69, 9.17) is 10.5 Å². The van der Waals surface area contributed by atoms with E-state index < -0.39 is 0 Å². The second-order valence-electron chi connectivity index (χ2n) is 6.24. The summed E-state index contributed by atoms with van der Waals surface area (Å²) >= 11 is 0. The Balaban J connectivity index is 1.71. The first kappa shape index (κ1) is 20.3. The number of benzene rings is 2. The molecule has 0 heterocycles. The number of para-hydroxylation sites is 1. The first-order chi connectivity index (χ1) is 13.0. The number of ether oxygens (including phenoxy) is 1. The van der Waals surface area contributed by atoms with Gasteiger partial charge in [-0.15, -0.1) is 0 Å². The summed E-state index contributed by atoms with van der Waals surface area (Å²) in [6.45, 7) is 4.92. The molecule has 6 nitrogen and oxygen atoms in total. The van der Waals surface area contributed by atoms with Gasteiger partial charge in [0.05, 0.1) is 18.2 Å². The summed E-state index contributed by atoms with van der Waals surface area (Å²) in [6.07, 6.45) is 0.895. The summed E-state index contributed by atoms with van der Waals surface area (Å²) in [5, 5.41) is 5.75. The van der Waals surface area contributed by atoms with E-state index in [1.54, 1.807) is 24.3 Å². The molecule has 2 aromatic carbocycles. The zero-order chi connectivity index (χ0) is 19.6. The topological polar surface area (TPSA) is 93.5 Å². The standard InChI is InChI=1S/C21H27N3O3/c1-3-27-17-12-10-16(11-13-17)15(2)24-20(25)9-6-14-23-21(26)18-7-4-5-8-19(18)22/h4-5,7-8,10-13,15H,3,6,9,14,22H2,1-2H3,(H,23,26)(H,24,25). The quantitative estimate of drug-likeness (QED) is 0.468. The van der Waals surface area contributed by atoms with Crippen LogP contribution in [0.15, 0.2) is 48.5 Å². The zero-order valence-corrected chi connectivity index (χ0v) is 15.8. The van der Waals surface area contributed by atoms with Crippen LogP contribution < -0.4 is 21.1 Å². The van der Waals surface area contributed by atoms with Crippen molar-refractivity contribution in [1.29, 1.82) is 0 Å². The first-order valence-corrected chi connectivity index (χ1v) is 9.16. The van der Waals surface area contributed by atoms with E-state index in [1.807, 2.05) is 38.1 Å². The number of nitrogens with one attached hydrogen (secondary N) is 2. The predicted molar refractivity (Wildman–Crippen MR) is 107 cm³/mol. The van der Waals surface area contributed by atoms with Crippen molar-refractivity contribution in [1.82, 2.24) is 10.6 Å². The number of hydrogen-bond donors (Lipinski definition) is 3. The molecule has 1 atom stereocenters. The molecule has 0 aliphatic heterocycles. The van der Waals surface area contributed by atoms with Crippen LogP contribution in [-0.2, 0) is 4.79 Å². The van der Waals surface area contributed by atoms with E-state index >= 15 is 0 Å². The van der Waals surface area contributed by atoms with E-state index in [-0.39, 0.29) is 17.9 Å². The first-order valence-electron chi connectivity index (χ1n) is 9.16. The number of carbonyl (C=O) groups excluding carboxylic acids is 2. The van der Waals surface area contributed by atoms with Crippen molar-refractivity contribution in [3.05, 3.63) is 59.7 Å². The van der Waals surface area contributed by atoms with Gasteiger partial charge in [0.25, 0.3) is 5.91 Å². The number of nitrogen functional groups attached to an aromatic ring is 1. The summed E-state index contributed by atoms with van der Waals surface area (Å²) in [7, 11) is 0. The van der Waals surface area contributed by atoms with Crippen molar-refractivity contribution in [3.63, 3.8) is 0 Å². The van der Waals surface area contributed by atoms with Crippen molar-refractivity contribution >= 4 is 17.5 Å². The molecule has 0 spiro atoms. The third-order valence-electron chi connectivity index (χ3n) is 4.14. The highest BCUT2D eigenvalue weighted by Gasteiger charge is 2.11. The van der Waals surface area contributed by atoms with Crippen LogP contribution in [0.2, 0.25) is 0 Å². The minimum absolute atomic E-state index is 0.0511. The van der Waals surface area contributed by atoms with Crippen molar-refractivity contribution in [2.24, 2.45) is 0 Å². The molecule has 2 rings (SSSR count). The molecule has 0 bridgehead atoms. The van der Waals surface area contributed by atoms with Crippen LogP contribution in [0, 0.1) is 0 Å². The van der Waals surface area contributed by atoms with Crippen LogP contribution in [0.4, 0.5) is 5.69 Å². The number of hydrogen-bond acceptors (Lipinski definition) is 4. The lowest BCUT2D eigenvalue weighted by Crippen LogP contribution is -2.29. The Labute approximate surface area is 160 Å². The van der Waals surface area contributed by atoms with Gasteiger partial charge in [-0.25, -0.2) is 0 Å². The van der Waals surface area contributed by atoms with Gasteiger partial charge in [-0.3, -0.25) is 9.59 Å². The maximum absolute atomic E-state index is 12.1. The van der Waals surface area contributed by atoms with Crippen molar-refractivity contribution in [2.45, 2.75) is 32.7 Å². The lowest BCUT2D eigenvalue weighted by molar-refractivity contribution is -0.121. The maximum atomic E-state index is 12.1. The van der Waals surface area contributed by atoms with Crippen LogP contribution in [0.25, 0.3) is 0 Å². The van der Waals surface area contributed by atoms with E-state index in [1.165, 1.54) is 0 Å². The lowest BCUT2D eigenvalue weighted by Gasteiger charge is -2.15. The number of nitrogens with two attached hydrogens (primary N) is 1. The fraction of sp³-hybridized carbons (Fsp3) is 0.333. The molecule has 144 valence electrons. The van der Waals surface area contributed by atoms with E-state index in [0.29, 0.717) is 37.2 Å². The van der Waals surface area contributed by atoms with Crippen LogP contribution in [0.1, 0.15) is 48.7 Å². The fourth-order valence-electron chi connectivity index (χ4n) is 2.67. The van der Waals surface area contributed by atoms with Gasteiger partial charge in [-0.2, -0.15) is 0 Å².